The van der Waals surface area contributed by atoms with E-state index < -0.39 is 11.6 Å². The number of ether oxygens (including phenoxy) is 1. The third-order valence-corrected chi connectivity index (χ3v) is 2.34. The maximum absolute atomic E-state index is 12.1. The minimum atomic E-state index is -0.491. The van der Waals surface area contributed by atoms with E-state index in [0.717, 1.165) is 5.70 Å². The Morgan fingerprint density at radius 2 is 1.90 bits per heavy atom. The molecule has 0 aromatic heterocycles. The Morgan fingerprint density at radius 1 is 1.30 bits per heavy atom. The van der Waals surface area contributed by atoms with Crippen molar-refractivity contribution in [3.8, 4) is 0 Å². The van der Waals surface area contributed by atoms with E-state index in [4.69, 9.17) is 4.74 Å². The van der Waals surface area contributed by atoms with Crippen LogP contribution in [0.5, 0.6) is 0 Å². The Balaban J connectivity index is 4.75. The van der Waals surface area contributed by atoms with Gasteiger partial charge in [0.05, 0.1) is 0 Å². The summed E-state index contributed by atoms with van der Waals surface area (Å²) in [4.78, 5) is 12.1. The van der Waals surface area contributed by atoms with Gasteiger partial charge in [-0.1, -0.05) is 32.6 Å². The summed E-state index contributed by atoms with van der Waals surface area (Å²) in [6, 6.07) is -0.423. The third kappa shape index (κ3) is 7.79. The monoisotopic (exact) mass is 280 g/mol. The number of esters is 1. The van der Waals surface area contributed by atoms with Gasteiger partial charge in [0.1, 0.15) is 11.6 Å². The molecule has 0 heterocycles. The number of rotatable bonds is 7. The van der Waals surface area contributed by atoms with Gasteiger partial charge in [0.15, 0.2) is 0 Å². The molecule has 0 aliphatic heterocycles. The van der Waals surface area contributed by atoms with Gasteiger partial charge in [-0.2, -0.15) is 0 Å². The first-order chi connectivity index (χ1) is 9.21. The molecule has 20 heavy (non-hydrogen) atoms. The predicted octanol–water partition coefficient (Wildman–Crippen LogP) is 3.09. The van der Waals surface area contributed by atoms with Gasteiger partial charge in [-0.3, -0.25) is 4.79 Å². The van der Waals surface area contributed by atoms with Gasteiger partial charge in [-0.05, 0) is 45.8 Å². The van der Waals surface area contributed by atoms with E-state index in [2.05, 4.69) is 17.4 Å². The Labute approximate surface area is 122 Å². The van der Waals surface area contributed by atoms with Gasteiger partial charge < -0.3 is 10.2 Å². The van der Waals surface area contributed by atoms with Crippen LogP contribution in [-0.2, 0) is 9.53 Å². The van der Waals surface area contributed by atoms with Crippen molar-refractivity contribution in [2.45, 2.75) is 53.2 Å². The second-order valence-electron chi connectivity index (χ2n) is 5.88. The Bertz CT molecular complexity index is 376. The molecule has 0 amide bonds. The lowest BCUT2D eigenvalue weighted by molar-refractivity contribution is -0.159. The lowest BCUT2D eigenvalue weighted by Gasteiger charge is -2.27. The second kappa shape index (κ2) is 8.59. The summed E-state index contributed by atoms with van der Waals surface area (Å²) in [7, 11) is 0. The van der Waals surface area contributed by atoms with Gasteiger partial charge in [-0.25, -0.2) is 5.43 Å². The normalized spacial score (nSPS) is 14.4. The highest BCUT2D eigenvalue weighted by atomic mass is 16.6. The molecule has 1 unspecified atom stereocenters. The van der Waals surface area contributed by atoms with E-state index in [1.54, 1.807) is 6.08 Å². The summed E-state index contributed by atoms with van der Waals surface area (Å²) in [5.41, 5.74) is 6.38. The van der Waals surface area contributed by atoms with E-state index in [-0.39, 0.29) is 11.9 Å². The first-order valence-electron chi connectivity index (χ1n) is 6.91. The molecule has 0 aromatic rings. The van der Waals surface area contributed by atoms with Crippen molar-refractivity contribution in [1.82, 2.24) is 10.9 Å². The van der Waals surface area contributed by atoms with Gasteiger partial charge in [0.2, 0.25) is 0 Å². The fraction of sp³-hybridized carbons (Fsp3) is 0.562. The van der Waals surface area contributed by atoms with Crippen molar-refractivity contribution in [2.24, 2.45) is 5.92 Å². The molecular weight excluding hydrogens is 252 g/mol. The SMILES string of the molecule is C=C/C=C(\C=C/C)NNC(C(=O)OC(C)(C)C)C(C)C. The summed E-state index contributed by atoms with van der Waals surface area (Å²) in [6.45, 7) is 15.1. The van der Waals surface area contributed by atoms with Crippen molar-refractivity contribution < 1.29 is 9.53 Å². The summed E-state index contributed by atoms with van der Waals surface area (Å²) >= 11 is 0. The molecule has 0 spiro atoms. The van der Waals surface area contributed by atoms with Crippen LogP contribution < -0.4 is 10.9 Å². The highest BCUT2D eigenvalue weighted by Gasteiger charge is 2.27. The molecule has 0 saturated heterocycles. The number of allylic oxidation sites excluding steroid dienone is 4. The lowest BCUT2D eigenvalue weighted by atomic mass is 10.1. The molecule has 0 bridgehead atoms. The van der Waals surface area contributed by atoms with Crippen LogP contribution in [0.15, 0.2) is 36.6 Å². The van der Waals surface area contributed by atoms with Crippen LogP contribution in [0.3, 0.4) is 0 Å². The maximum Gasteiger partial charge on any atom is 0.325 e. The summed E-state index contributed by atoms with van der Waals surface area (Å²) in [5, 5.41) is 0. The van der Waals surface area contributed by atoms with Crippen LogP contribution in [0.25, 0.3) is 0 Å². The summed E-state index contributed by atoms with van der Waals surface area (Å²) < 4.78 is 5.41. The smallest absolute Gasteiger partial charge is 0.325 e. The van der Waals surface area contributed by atoms with Crippen molar-refractivity contribution in [1.29, 1.82) is 0 Å². The standard InChI is InChI=1S/C16H28N2O2/c1-8-10-13(11-9-2)17-18-14(12(3)4)15(19)20-16(5,6)7/h8-12,14,17-18H,1H2,2-7H3/b11-9-,13-10+. The second-order valence-corrected chi connectivity index (χ2v) is 5.88. The van der Waals surface area contributed by atoms with Crippen molar-refractivity contribution in [3.05, 3.63) is 36.6 Å². The molecule has 1 atom stereocenters. The molecule has 0 radical (unpaired) electrons. The number of hydrogen-bond acceptors (Lipinski definition) is 4. The van der Waals surface area contributed by atoms with Crippen LogP contribution in [0, 0.1) is 5.92 Å². The van der Waals surface area contributed by atoms with E-state index in [1.165, 1.54) is 0 Å². The molecule has 0 saturated carbocycles. The quantitative estimate of drug-likeness (QED) is 0.427. The molecular formula is C16H28N2O2. The number of carbonyl (C=O) groups excluding carboxylic acids is 1. The van der Waals surface area contributed by atoms with Crippen LogP contribution in [-0.4, -0.2) is 17.6 Å². The van der Waals surface area contributed by atoms with Crippen LogP contribution in [0.4, 0.5) is 0 Å². The van der Waals surface area contributed by atoms with Gasteiger partial charge >= 0.3 is 5.97 Å². The molecule has 0 aromatic carbocycles. The van der Waals surface area contributed by atoms with E-state index in [9.17, 15) is 4.79 Å². The maximum atomic E-state index is 12.1. The zero-order chi connectivity index (χ0) is 15.8. The fourth-order valence-corrected chi connectivity index (χ4v) is 1.47. The minimum Gasteiger partial charge on any atom is -0.459 e. The number of hydrogen-bond donors (Lipinski definition) is 2. The molecule has 2 N–H and O–H groups in total. The Kier molecular flexibility index (Phi) is 7.92. The average Bonchev–Trinajstić information content (AvgIpc) is 2.26. The van der Waals surface area contributed by atoms with Gasteiger partial charge in [-0.15, -0.1) is 0 Å². The largest absolute Gasteiger partial charge is 0.459 e. The fourth-order valence-electron chi connectivity index (χ4n) is 1.47. The zero-order valence-corrected chi connectivity index (χ0v) is 13.5. The van der Waals surface area contributed by atoms with E-state index in [1.807, 2.05) is 59.8 Å². The first-order valence-corrected chi connectivity index (χ1v) is 6.91. The molecule has 0 rings (SSSR count). The lowest BCUT2D eigenvalue weighted by Crippen LogP contribution is -2.50. The van der Waals surface area contributed by atoms with Crippen LogP contribution in [0.1, 0.15) is 41.5 Å². The topological polar surface area (TPSA) is 50.4 Å². The van der Waals surface area contributed by atoms with Crippen molar-refractivity contribution >= 4 is 5.97 Å². The van der Waals surface area contributed by atoms with Gasteiger partial charge in [0, 0.05) is 5.70 Å². The molecule has 0 aliphatic carbocycles. The van der Waals surface area contributed by atoms with Crippen LogP contribution in [0.2, 0.25) is 0 Å². The zero-order valence-electron chi connectivity index (χ0n) is 13.5. The van der Waals surface area contributed by atoms with Crippen molar-refractivity contribution in [3.63, 3.8) is 0 Å². The molecule has 4 nitrogen and oxygen atoms in total. The van der Waals surface area contributed by atoms with E-state index >= 15 is 0 Å². The molecule has 0 fully saturated rings. The minimum absolute atomic E-state index is 0.105. The Morgan fingerprint density at radius 3 is 2.30 bits per heavy atom. The number of carbonyl (C=O) groups is 1. The van der Waals surface area contributed by atoms with E-state index in [0.29, 0.717) is 0 Å². The molecule has 114 valence electrons. The highest BCUT2D eigenvalue weighted by molar-refractivity contribution is 5.76. The van der Waals surface area contributed by atoms with Gasteiger partial charge in [0.25, 0.3) is 0 Å². The number of nitrogens with one attached hydrogen (secondary N) is 2. The molecule has 4 heteroatoms. The first kappa shape index (κ1) is 18.4. The highest BCUT2D eigenvalue weighted by Crippen LogP contribution is 2.12. The number of hydrazine groups is 1. The summed E-state index contributed by atoms with van der Waals surface area (Å²) in [6.07, 6.45) is 7.30. The molecule has 0 aliphatic rings. The summed E-state index contributed by atoms with van der Waals surface area (Å²) in [5.74, 6) is -0.161. The van der Waals surface area contributed by atoms with Crippen molar-refractivity contribution in [2.75, 3.05) is 0 Å². The predicted molar refractivity (Wildman–Crippen MR) is 83.8 cm³/mol. The Hall–Kier alpha value is -1.55. The van der Waals surface area contributed by atoms with Crippen LogP contribution >= 0.6 is 0 Å². The average molecular weight is 280 g/mol. The third-order valence-electron chi connectivity index (χ3n) is 2.34.